The zero-order valence-electron chi connectivity index (χ0n) is 10.2. The highest BCUT2D eigenvalue weighted by Crippen LogP contribution is 2.49. The highest BCUT2D eigenvalue weighted by Gasteiger charge is 2.37. The van der Waals surface area contributed by atoms with E-state index in [1.165, 1.54) is 44.9 Å². The van der Waals surface area contributed by atoms with E-state index in [4.69, 9.17) is 5.73 Å². The fraction of sp³-hybridized carbons (Fsp3) is 1.00. The molecule has 0 aromatic carbocycles. The van der Waals surface area contributed by atoms with Crippen LogP contribution in [0.1, 0.15) is 65.7 Å². The van der Waals surface area contributed by atoms with E-state index in [1.807, 2.05) is 0 Å². The molecule has 1 fully saturated rings. The van der Waals surface area contributed by atoms with Gasteiger partial charge in [0.15, 0.2) is 0 Å². The van der Waals surface area contributed by atoms with Crippen LogP contribution in [0, 0.1) is 10.8 Å². The molecule has 0 heterocycles. The number of hydrogen-bond acceptors (Lipinski definition) is 1. The smallest absolute Gasteiger partial charge is 0.00720 e. The first-order chi connectivity index (χ1) is 6.60. The standard InChI is InChI=1S/C13H27N/c1-4-12(3)6-8-13(5-2,9-7-12)10-11-14/h4-11,14H2,1-3H3. The van der Waals surface area contributed by atoms with Crippen LogP contribution in [-0.4, -0.2) is 6.54 Å². The lowest BCUT2D eigenvalue weighted by Crippen LogP contribution is -2.33. The minimum absolute atomic E-state index is 0.601. The van der Waals surface area contributed by atoms with Gasteiger partial charge < -0.3 is 5.73 Å². The molecule has 1 aliphatic carbocycles. The topological polar surface area (TPSA) is 26.0 Å². The van der Waals surface area contributed by atoms with Crippen LogP contribution in [0.3, 0.4) is 0 Å². The molecule has 14 heavy (non-hydrogen) atoms. The molecule has 84 valence electrons. The van der Waals surface area contributed by atoms with E-state index in [1.54, 1.807) is 0 Å². The van der Waals surface area contributed by atoms with Crippen LogP contribution in [0.4, 0.5) is 0 Å². The highest BCUT2D eigenvalue weighted by molar-refractivity contribution is 4.89. The van der Waals surface area contributed by atoms with Crippen molar-refractivity contribution in [2.75, 3.05) is 6.54 Å². The van der Waals surface area contributed by atoms with E-state index in [2.05, 4.69) is 20.8 Å². The van der Waals surface area contributed by atoms with Crippen molar-refractivity contribution < 1.29 is 0 Å². The summed E-state index contributed by atoms with van der Waals surface area (Å²) in [7, 11) is 0. The van der Waals surface area contributed by atoms with E-state index >= 15 is 0 Å². The molecule has 2 N–H and O–H groups in total. The Morgan fingerprint density at radius 3 is 1.93 bits per heavy atom. The van der Waals surface area contributed by atoms with Crippen molar-refractivity contribution in [2.45, 2.75) is 65.7 Å². The highest BCUT2D eigenvalue weighted by atomic mass is 14.6. The second-order valence-corrected chi connectivity index (χ2v) is 5.56. The minimum atomic E-state index is 0.601. The Balaban J connectivity index is 2.54. The lowest BCUT2D eigenvalue weighted by atomic mass is 9.61. The van der Waals surface area contributed by atoms with Gasteiger partial charge in [-0.25, -0.2) is 0 Å². The summed E-state index contributed by atoms with van der Waals surface area (Å²) < 4.78 is 0. The zero-order chi connectivity index (χ0) is 10.7. The van der Waals surface area contributed by atoms with Gasteiger partial charge in [0.2, 0.25) is 0 Å². The van der Waals surface area contributed by atoms with E-state index in [9.17, 15) is 0 Å². The minimum Gasteiger partial charge on any atom is -0.330 e. The third kappa shape index (κ3) is 2.50. The van der Waals surface area contributed by atoms with Crippen LogP contribution < -0.4 is 5.73 Å². The largest absolute Gasteiger partial charge is 0.330 e. The first-order valence-corrected chi connectivity index (χ1v) is 6.30. The number of hydrogen-bond donors (Lipinski definition) is 1. The van der Waals surface area contributed by atoms with E-state index < -0.39 is 0 Å². The van der Waals surface area contributed by atoms with Gasteiger partial charge in [-0.1, -0.05) is 33.6 Å². The first-order valence-electron chi connectivity index (χ1n) is 6.30. The zero-order valence-corrected chi connectivity index (χ0v) is 10.2. The molecule has 0 saturated heterocycles. The van der Waals surface area contributed by atoms with Crippen LogP contribution >= 0.6 is 0 Å². The first kappa shape index (κ1) is 12.0. The second kappa shape index (κ2) is 4.65. The van der Waals surface area contributed by atoms with Gasteiger partial charge in [0.1, 0.15) is 0 Å². The molecule has 0 radical (unpaired) electrons. The van der Waals surface area contributed by atoms with Gasteiger partial charge in [0, 0.05) is 0 Å². The van der Waals surface area contributed by atoms with Crippen molar-refractivity contribution in [3.05, 3.63) is 0 Å². The third-order valence-electron chi connectivity index (χ3n) is 4.80. The molecule has 0 spiro atoms. The van der Waals surface area contributed by atoms with Crippen molar-refractivity contribution >= 4 is 0 Å². The Morgan fingerprint density at radius 1 is 1.00 bits per heavy atom. The van der Waals surface area contributed by atoms with Gasteiger partial charge in [0.05, 0.1) is 0 Å². The summed E-state index contributed by atoms with van der Waals surface area (Å²) in [6.45, 7) is 8.00. The summed E-state index contributed by atoms with van der Waals surface area (Å²) in [6, 6.07) is 0. The summed E-state index contributed by atoms with van der Waals surface area (Å²) >= 11 is 0. The monoisotopic (exact) mass is 197 g/mol. The van der Waals surface area contributed by atoms with E-state index in [0.29, 0.717) is 10.8 Å². The van der Waals surface area contributed by atoms with Crippen LogP contribution in [0.2, 0.25) is 0 Å². The molecule has 1 nitrogen and oxygen atoms in total. The summed E-state index contributed by atoms with van der Waals surface area (Å²) in [6.07, 6.45) is 9.55. The van der Waals surface area contributed by atoms with Crippen LogP contribution in [-0.2, 0) is 0 Å². The lowest BCUT2D eigenvalue weighted by molar-refractivity contribution is 0.0764. The molecular formula is C13H27N. The van der Waals surface area contributed by atoms with Crippen LogP contribution in [0.25, 0.3) is 0 Å². The van der Waals surface area contributed by atoms with E-state index in [-0.39, 0.29) is 0 Å². The summed E-state index contributed by atoms with van der Waals surface area (Å²) in [5.41, 5.74) is 6.95. The fourth-order valence-corrected chi connectivity index (χ4v) is 2.82. The Morgan fingerprint density at radius 2 is 1.57 bits per heavy atom. The molecule has 0 aromatic rings. The lowest BCUT2D eigenvalue weighted by Gasteiger charge is -2.44. The van der Waals surface area contributed by atoms with Crippen molar-refractivity contribution in [3.63, 3.8) is 0 Å². The van der Waals surface area contributed by atoms with Crippen molar-refractivity contribution in [2.24, 2.45) is 16.6 Å². The Bertz CT molecular complexity index is 166. The Kier molecular flexibility index (Phi) is 4.00. The van der Waals surface area contributed by atoms with Gasteiger partial charge in [0.25, 0.3) is 0 Å². The molecule has 1 heteroatoms. The van der Waals surface area contributed by atoms with E-state index in [0.717, 1.165) is 6.54 Å². The molecule has 0 aromatic heterocycles. The number of rotatable bonds is 4. The molecule has 1 aliphatic rings. The fourth-order valence-electron chi connectivity index (χ4n) is 2.82. The molecule has 1 saturated carbocycles. The van der Waals surface area contributed by atoms with Gasteiger partial charge in [-0.05, 0) is 49.5 Å². The molecule has 0 unspecified atom stereocenters. The maximum absolute atomic E-state index is 5.72. The van der Waals surface area contributed by atoms with Crippen LogP contribution in [0.5, 0.6) is 0 Å². The predicted molar refractivity (Wildman–Crippen MR) is 63.3 cm³/mol. The van der Waals surface area contributed by atoms with Crippen molar-refractivity contribution in [3.8, 4) is 0 Å². The summed E-state index contributed by atoms with van der Waals surface area (Å²) in [5, 5.41) is 0. The van der Waals surface area contributed by atoms with Crippen LogP contribution in [0.15, 0.2) is 0 Å². The normalized spacial score (nSPS) is 38.6. The average molecular weight is 197 g/mol. The molecule has 0 bridgehead atoms. The third-order valence-corrected chi connectivity index (χ3v) is 4.80. The molecular weight excluding hydrogens is 170 g/mol. The van der Waals surface area contributed by atoms with Crippen molar-refractivity contribution in [1.82, 2.24) is 0 Å². The van der Waals surface area contributed by atoms with Gasteiger partial charge in [-0.15, -0.1) is 0 Å². The van der Waals surface area contributed by atoms with Gasteiger partial charge >= 0.3 is 0 Å². The summed E-state index contributed by atoms with van der Waals surface area (Å²) in [5.74, 6) is 0. The SMILES string of the molecule is CCC1(C)CCC(CC)(CCN)CC1. The molecule has 0 aliphatic heterocycles. The molecule has 1 rings (SSSR count). The molecule has 0 atom stereocenters. The maximum Gasteiger partial charge on any atom is -0.00720 e. The Labute approximate surface area is 89.5 Å². The predicted octanol–water partition coefficient (Wildman–Crippen LogP) is 3.72. The quantitative estimate of drug-likeness (QED) is 0.730. The van der Waals surface area contributed by atoms with Gasteiger partial charge in [-0.3, -0.25) is 0 Å². The summed E-state index contributed by atoms with van der Waals surface area (Å²) in [4.78, 5) is 0. The second-order valence-electron chi connectivity index (χ2n) is 5.56. The van der Waals surface area contributed by atoms with Crippen molar-refractivity contribution in [1.29, 1.82) is 0 Å². The number of nitrogens with two attached hydrogens (primary N) is 1. The van der Waals surface area contributed by atoms with Gasteiger partial charge in [-0.2, -0.15) is 0 Å². The average Bonchev–Trinajstić information content (AvgIpc) is 2.23. The molecule has 0 amide bonds. The maximum atomic E-state index is 5.72. The Hall–Kier alpha value is -0.0400.